The Morgan fingerprint density at radius 1 is 1.23 bits per heavy atom. The van der Waals surface area contributed by atoms with Crippen molar-refractivity contribution in [3.05, 3.63) is 46.3 Å². The van der Waals surface area contributed by atoms with Gasteiger partial charge in [-0.15, -0.1) is 0 Å². The van der Waals surface area contributed by atoms with Gasteiger partial charge in [-0.3, -0.25) is 4.79 Å². The molecule has 0 saturated heterocycles. The Kier molecular flexibility index (Phi) is 2.49. The summed E-state index contributed by atoms with van der Waals surface area (Å²) in [4.78, 5) is 11.5. The fourth-order valence-corrected chi connectivity index (χ4v) is 1.17. The molecule has 3 nitrogen and oxygen atoms in total. The zero-order valence-corrected chi connectivity index (χ0v) is 7.41. The summed E-state index contributed by atoms with van der Waals surface area (Å²) in [7, 11) is 0. The van der Waals surface area contributed by atoms with Gasteiger partial charge in [-0.25, -0.2) is 0 Å². The first-order chi connectivity index (χ1) is 5.79. The zero-order valence-electron chi connectivity index (χ0n) is 7.41. The summed E-state index contributed by atoms with van der Waals surface area (Å²) < 4.78 is 5.22. The standard InChI is InChI=1S/C10H8O2.H3N/c1-7-6-12-9-5-3-2-4-8(9)10(7)11;/h2-6H,1H3;1H3. The molecule has 0 spiro atoms. The Morgan fingerprint density at radius 2 is 1.92 bits per heavy atom. The summed E-state index contributed by atoms with van der Waals surface area (Å²) in [5.41, 5.74) is 1.35. The Hall–Kier alpha value is -1.61. The van der Waals surface area contributed by atoms with Gasteiger partial charge in [0.15, 0.2) is 5.43 Å². The number of hydrogen-bond acceptors (Lipinski definition) is 3. The van der Waals surface area contributed by atoms with Crippen LogP contribution in [0.2, 0.25) is 0 Å². The van der Waals surface area contributed by atoms with Crippen LogP contribution in [0.4, 0.5) is 0 Å². The van der Waals surface area contributed by atoms with Crippen molar-refractivity contribution in [2.75, 3.05) is 0 Å². The van der Waals surface area contributed by atoms with Gasteiger partial charge in [0.1, 0.15) is 5.58 Å². The fourth-order valence-electron chi connectivity index (χ4n) is 1.17. The minimum atomic E-state index is 0. The quantitative estimate of drug-likeness (QED) is 0.671. The van der Waals surface area contributed by atoms with E-state index in [9.17, 15) is 4.79 Å². The van der Waals surface area contributed by atoms with E-state index in [2.05, 4.69) is 0 Å². The lowest BCUT2D eigenvalue weighted by molar-refractivity contribution is 0.597. The topological polar surface area (TPSA) is 65.2 Å². The Bertz CT molecular complexity index is 474. The van der Waals surface area contributed by atoms with E-state index < -0.39 is 0 Å². The molecule has 0 amide bonds. The average Bonchev–Trinajstić information content (AvgIpc) is 2.12. The van der Waals surface area contributed by atoms with Crippen molar-refractivity contribution in [3.63, 3.8) is 0 Å². The normalized spacial score (nSPS) is 9.62. The second-order valence-electron chi connectivity index (χ2n) is 2.74. The summed E-state index contributed by atoms with van der Waals surface area (Å²) in [6.45, 7) is 1.75. The third-order valence-electron chi connectivity index (χ3n) is 1.85. The molecular formula is C10H11NO2. The van der Waals surface area contributed by atoms with E-state index in [1.165, 1.54) is 6.26 Å². The van der Waals surface area contributed by atoms with Crippen molar-refractivity contribution < 1.29 is 4.42 Å². The third kappa shape index (κ3) is 1.46. The van der Waals surface area contributed by atoms with Gasteiger partial charge in [-0.05, 0) is 19.1 Å². The molecule has 0 radical (unpaired) electrons. The highest BCUT2D eigenvalue weighted by Gasteiger charge is 2.00. The first-order valence-electron chi connectivity index (χ1n) is 3.76. The van der Waals surface area contributed by atoms with Crippen molar-refractivity contribution in [2.24, 2.45) is 0 Å². The van der Waals surface area contributed by atoms with Crippen LogP contribution in [0.1, 0.15) is 5.56 Å². The molecule has 1 heterocycles. The Morgan fingerprint density at radius 3 is 2.69 bits per heavy atom. The van der Waals surface area contributed by atoms with E-state index in [1.807, 2.05) is 12.1 Å². The van der Waals surface area contributed by atoms with Crippen LogP contribution in [-0.4, -0.2) is 0 Å². The summed E-state index contributed by atoms with van der Waals surface area (Å²) in [6, 6.07) is 7.24. The fraction of sp³-hybridized carbons (Fsp3) is 0.100. The number of hydrogen-bond donors (Lipinski definition) is 1. The lowest BCUT2D eigenvalue weighted by Gasteiger charge is -1.95. The summed E-state index contributed by atoms with van der Waals surface area (Å²) >= 11 is 0. The largest absolute Gasteiger partial charge is 0.464 e. The molecular weight excluding hydrogens is 166 g/mol. The maximum absolute atomic E-state index is 11.5. The summed E-state index contributed by atoms with van der Waals surface area (Å²) in [5.74, 6) is 0. The van der Waals surface area contributed by atoms with Crippen LogP contribution in [0.25, 0.3) is 11.0 Å². The van der Waals surface area contributed by atoms with Crippen molar-refractivity contribution in [1.29, 1.82) is 0 Å². The van der Waals surface area contributed by atoms with Gasteiger partial charge >= 0.3 is 0 Å². The highest BCUT2D eigenvalue weighted by molar-refractivity contribution is 5.76. The Labute approximate surface area is 75.6 Å². The van der Waals surface area contributed by atoms with Gasteiger partial charge in [-0.1, -0.05) is 12.1 Å². The molecule has 3 heteroatoms. The number of fused-ring (bicyclic) bond motifs is 1. The molecule has 0 atom stereocenters. The molecule has 1 aromatic carbocycles. The highest BCUT2D eigenvalue weighted by atomic mass is 16.3. The van der Waals surface area contributed by atoms with E-state index in [-0.39, 0.29) is 11.6 Å². The molecule has 0 unspecified atom stereocenters. The second-order valence-corrected chi connectivity index (χ2v) is 2.74. The monoisotopic (exact) mass is 177 g/mol. The number of rotatable bonds is 0. The molecule has 2 rings (SSSR count). The predicted octanol–water partition coefficient (Wildman–Crippen LogP) is 2.26. The lowest BCUT2D eigenvalue weighted by atomic mass is 10.2. The van der Waals surface area contributed by atoms with E-state index in [0.29, 0.717) is 16.5 Å². The summed E-state index contributed by atoms with van der Waals surface area (Å²) in [5, 5.41) is 0.650. The molecule has 1 aromatic heterocycles. The molecule has 0 aliphatic carbocycles. The van der Waals surface area contributed by atoms with Crippen LogP contribution in [0.5, 0.6) is 0 Å². The number of aryl methyl sites for hydroxylation is 1. The van der Waals surface area contributed by atoms with Crippen molar-refractivity contribution >= 4 is 11.0 Å². The summed E-state index contributed by atoms with van der Waals surface area (Å²) in [6.07, 6.45) is 1.49. The smallest absolute Gasteiger partial charge is 0.195 e. The molecule has 0 aliphatic heterocycles. The van der Waals surface area contributed by atoms with E-state index in [0.717, 1.165) is 0 Å². The van der Waals surface area contributed by atoms with Crippen molar-refractivity contribution in [1.82, 2.24) is 6.15 Å². The minimum absolute atomic E-state index is 0. The van der Waals surface area contributed by atoms with E-state index >= 15 is 0 Å². The van der Waals surface area contributed by atoms with Crippen LogP contribution in [0, 0.1) is 6.92 Å². The van der Waals surface area contributed by atoms with Crippen LogP contribution >= 0.6 is 0 Å². The van der Waals surface area contributed by atoms with Gasteiger partial charge < -0.3 is 10.6 Å². The lowest BCUT2D eigenvalue weighted by Crippen LogP contribution is -2.03. The van der Waals surface area contributed by atoms with Gasteiger partial charge in [0.25, 0.3) is 0 Å². The highest BCUT2D eigenvalue weighted by Crippen LogP contribution is 2.09. The van der Waals surface area contributed by atoms with Crippen LogP contribution in [-0.2, 0) is 0 Å². The van der Waals surface area contributed by atoms with Gasteiger partial charge in [0, 0.05) is 5.56 Å². The van der Waals surface area contributed by atoms with Gasteiger partial charge in [0.2, 0.25) is 0 Å². The van der Waals surface area contributed by atoms with Crippen molar-refractivity contribution in [3.8, 4) is 0 Å². The zero-order chi connectivity index (χ0) is 8.55. The van der Waals surface area contributed by atoms with E-state index in [1.54, 1.807) is 19.1 Å². The molecule has 0 fully saturated rings. The van der Waals surface area contributed by atoms with Crippen LogP contribution < -0.4 is 11.6 Å². The molecule has 13 heavy (non-hydrogen) atoms. The minimum Gasteiger partial charge on any atom is -0.464 e. The van der Waals surface area contributed by atoms with Gasteiger partial charge in [0.05, 0.1) is 11.6 Å². The first kappa shape index (κ1) is 9.48. The molecule has 0 aliphatic rings. The van der Waals surface area contributed by atoms with Crippen LogP contribution in [0.15, 0.2) is 39.7 Å². The molecule has 2 aromatic rings. The third-order valence-corrected chi connectivity index (χ3v) is 1.85. The maximum Gasteiger partial charge on any atom is 0.195 e. The molecule has 0 bridgehead atoms. The van der Waals surface area contributed by atoms with Crippen LogP contribution in [0.3, 0.4) is 0 Å². The Balaban J connectivity index is 0.000000845. The molecule has 3 N–H and O–H groups in total. The van der Waals surface area contributed by atoms with Crippen molar-refractivity contribution in [2.45, 2.75) is 6.92 Å². The SMILES string of the molecule is Cc1coc2ccccc2c1=O.N. The van der Waals surface area contributed by atoms with E-state index in [4.69, 9.17) is 4.42 Å². The molecule has 0 saturated carbocycles. The number of para-hydroxylation sites is 1. The maximum atomic E-state index is 11.5. The van der Waals surface area contributed by atoms with Gasteiger partial charge in [-0.2, -0.15) is 0 Å². The first-order valence-corrected chi connectivity index (χ1v) is 3.76. The molecule has 68 valence electrons. The average molecular weight is 177 g/mol. The predicted molar refractivity (Wildman–Crippen MR) is 52.2 cm³/mol. The number of benzene rings is 1. The second kappa shape index (κ2) is 3.41.